The van der Waals surface area contributed by atoms with Gasteiger partial charge in [0.2, 0.25) is 0 Å². The maximum absolute atomic E-state index is 6.05. The van der Waals surface area contributed by atoms with Crippen molar-refractivity contribution in [3.05, 3.63) is 67.6 Å². The zero-order valence-electron chi connectivity index (χ0n) is 10.0. The zero-order chi connectivity index (χ0) is 13.8. The van der Waals surface area contributed by atoms with Gasteiger partial charge in [-0.15, -0.1) is 0 Å². The van der Waals surface area contributed by atoms with Crippen LogP contribution in [0.15, 0.2) is 51.4 Å². The molecule has 100 valence electrons. The minimum atomic E-state index is -0.00762. The van der Waals surface area contributed by atoms with Gasteiger partial charge >= 0.3 is 0 Å². The summed E-state index contributed by atoms with van der Waals surface area (Å²) >= 11 is 13.1. The third-order valence-corrected chi connectivity index (χ3v) is 4.65. The van der Waals surface area contributed by atoms with Crippen molar-refractivity contribution in [2.45, 2.75) is 12.5 Å². The van der Waals surface area contributed by atoms with Crippen LogP contribution in [0.2, 0.25) is 5.02 Å². The molecule has 0 saturated carbocycles. The highest BCUT2D eigenvalue weighted by atomic mass is 79.9. The van der Waals surface area contributed by atoms with E-state index in [1.165, 1.54) is 5.56 Å². The van der Waals surface area contributed by atoms with E-state index in [1.807, 2.05) is 36.4 Å². The number of nitrogens with two attached hydrogens (primary N) is 1. The monoisotopic (exact) mass is 402 g/mol. The van der Waals surface area contributed by atoms with E-state index >= 15 is 0 Å². The Bertz CT molecular complexity index is 575. The van der Waals surface area contributed by atoms with Crippen LogP contribution in [-0.4, -0.2) is 0 Å². The summed E-state index contributed by atoms with van der Waals surface area (Å²) in [5.41, 5.74) is 5.09. The summed E-state index contributed by atoms with van der Waals surface area (Å²) in [5, 5.41) is 0.700. The first kappa shape index (κ1) is 15.0. The fourth-order valence-corrected chi connectivity index (χ4v) is 3.07. The van der Waals surface area contributed by atoms with E-state index in [1.54, 1.807) is 0 Å². The lowest BCUT2D eigenvalue weighted by molar-refractivity contribution is 0.549. The molecule has 2 aromatic rings. The molecule has 5 heteroatoms. The molecule has 0 spiro atoms. The lowest BCUT2D eigenvalue weighted by Gasteiger charge is -2.19. The van der Waals surface area contributed by atoms with Crippen LogP contribution in [0.1, 0.15) is 17.2 Å². The number of hydrazine groups is 1. The highest BCUT2D eigenvalue weighted by Crippen LogP contribution is 2.30. The summed E-state index contributed by atoms with van der Waals surface area (Å²) in [5.74, 6) is 5.69. The van der Waals surface area contributed by atoms with Crippen LogP contribution in [0.3, 0.4) is 0 Å². The van der Waals surface area contributed by atoms with E-state index in [0.717, 1.165) is 20.9 Å². The molecule has 1 unspecified atom stereocenters. The first-order valence-corrected chi connectivity index (χ1v) is 7.72. The molecule has 0 aliphatic rings. The van der Waals surface area contributed by atoms with Crippen LogP contribution in [-0.2, 0) is 6.42 Å². The molecule has 2 aromatic carbocycles. The summed E-state index contributed by atoms with van der Waals surface area (Å²) in [6.45, 7) is 0. The van der Waals surface area contributed by atoms with E-state index in [2.05, 4.69) is 43.4 Å². The van der Waals surface area contributed by atoms with E-state index in [9.17, 15) is 0 Å². The summed E-state index contributed by atoms with van der Waals surface area (Å²) in [4.78, 5) is 0. The summed E-state index contributed by atoms with van der Waals surface area (Å²) in [6, 6.07) is 13.8. The van der Waals surface area contributed by atoms with Gasteiger partial charge in [-0.05, 0) is 41.8 Å². The molecule has 0 amide bonds. The van der Waals surface area contributed by atoms with Crippen LogP contribution >= 0.6 is 43.5 Å². The number of hydrogen-bond acceptors (Lipinski definition) is 2. The molecule has 0 aromatic heterocycles. The zero-order valence-corrected chi connectivity index (χ0v) is 14.0. The van der Waals surface area contributed by atoms with Gasteiger partial charge in [0.05, 0.1) is 6.04 Å². The number of rotatable bonds is 4. The maximum Gasteiger partial charge on any atom is 0.0512 e. The molecule has 0 heterocycles. The van der Waals surface area contributed by atoms with Crippen molar-refractivity contribution in [2.24, 2.45) is 5.84 Å². The highest BCUT2D eigenvalue weighted by molar-refractivity contribution is 9.10. The van der Waals surface area contributed by atoms with Gasteiger partial charge < -0.3 is 0 Å². The van der Waals surface area contributed by atoms with E-state index in [0.29, 0.717) is 5.02 Å². The van der Waals surface area contributed by atoms with Gasteiger partial charge in [-0.3, -0.25) is 11.3 Å². The number of nitrogens with one attached hydrogen (secondary N) is 1. The molecular weight excluding hydrogens is 391 g/mol. The predicted molar refractivity (Wildman–Crippen MR) is 87.1 cm³/mol. The van der Waals surface area contributed by atoms with Gasteiger partial charge in [-0.2, -0.15) is 0 Å². The summed E-state index contributed by atoms with van der Waals surface area (Å²) < 4.78 is 2.07. The molecule has 0 fully saturated rings. The quantitative estimate of drug-likeness (QED) is 0.577. The van der Waals surface area contributed by atoms with Crippen molar-refractivity contribution in [1.82, 2.24) is 5.43 Å². The molecule has 2 rings (SSSR count). The lowest BCUT2D eigenvalue weighted by atomic mass is 9.99. The normalized spacial score (nSPS) is 12.4. The fourth-order valence-electron chi connectivity index (χ4n) is 1.92. The molecule has 3 N–H and O–H groups in total. The average molecular weight is 405 g/mol. The summed E-state index contributed by atoms with van der Waals surface area (Å²) in [7, 11) is 0. The first-order chi connectivity index (χ1) is 9.11. The Hall–Kier alpha value is -0.390. The van der Waals surface area contributed by atoms with Gasteiger partial charge in [0.25, 0.3) is 0 Å². The molecule has 1 atom stereocenters. The van der Waals surface area contributed by atoms with E-state index in [-0.39, 0.29) is 6.04 Å². The average Bonchev–Trinajstić information content (AvgIpc) is 2.41. The van der Waals surface area contributed by atoms with Gasteiger partial charge in [-0.25, -0.2) is 0 Å². The Morgan fingerprint density at radius 3 is 2.53 bits per heavy atom. The van der Waals surface area contributed by atoms with E-state index < -0.39 is 0 Å². The minimum absolute atomic E-state index is 0.00762. The Labute approximate surface area is 134 Å². The second-order valence-corrected chi connectivity index (χ2v) is 6.33. The Morgan fingerprint density at radius 2 is 1.84 bits per heavy atom. The van der Waals surface area contributed by atoms with Crippen LogP contribution < -0.4 is 11.3 Å². The number of benzene rings is 2. The molecule has 0 saturated heterocycles. The van der Waals surface area contributed by atoms with Crippen LogP contribution in [0.25, 0.3) is 0 Å². The fraction of sp³-hybridized carbons (Fsp3) is 0.143. The van der Waals surface area contributed by atoms with Crippen molar-refractivity contribution in [3.8, 4) is 0 Å². The molecule has 0 aliphatic heterocycles. The predicted octanol–water partition coefficient (Wildman–Crippen LogP) is 4.61. The molecule has 19 heavy (non-hydrogen) atoms. The molecule has 0 aliphatic carbocycles. The summed E-state index contributed by atoms with van der Waals surface area (Å²) in [6.07, 6.45) is 0.775. The van der Waals surface area contributed by atoms with E-state index in [4.69, 9.17) is 17.4 Å². The van der Waals surface area contributed by atoms with Crippen molar-refractivity contribution in [2.75, 3.05) is 0 Å². The molecule has 0 bridgehead atoms. The second kappa shape index (κ2) is 6.86. The molecular formula is C14H13Br2ClN2. The standard InChI is InChI=1S/C14H13Br2ClN2/c15-12-4-2-1-3-9(12)7-14(19-18)11-8-10(17)5-6-13(11)16/h1-6,8,14,19H,7,18H2. The third kappa shape index (κ3) is 3.80. The van der Waals surface area contributed by atoms with Crippen LogP contribution in [0.4, 0.5) is 0 Å². The minimum Gasteiger partial charge on any atom is -0.271 e. The van der Waals surface area contributed by atoms with Crippen LogP contribution in [0.5, 0.6) is 0 Å². The Morgan fingerprint density at radius 1 is 1.11 bits per heavy atom. The third-order valence-electron chi connectivity index (χ3n) is 2.92. The second-order valence-electron chi connectivity index (χ2n) is 4.18. The molecule has 2 nitrogen and oxygen atoms in total. The smallest absolute Gasteiger partial charge is 0.0512 e. The van der Waals surface area contributed by atoms with Crippen molar-refractivity contribution in [3.63, 3.8) is 0 Å². The number of halogens is 3. The molecule has 0 radical (unpaired) electrons. The topological polar surface area (TPSA) is 38.0 Å². The van der Waals surface area contributed by atoms with Gasteiger partial charge in [0.1, 0.15) is 0 Å². The first-order valence-electron chi connectivity index (χ1n) is 5.76. The SMILES string of the molecule is NNC(Cc1ccccc1Br)c1cc(Cl)ccc1Br. The van der Waals surface area contributed by atoms with Crippen molar-refractivity contribution >= 4 is 43.5 Å². The van der Waals surface area contributed by atoms with Gasteiger partial charge in [0, 0.05) is 14.0 Å². The Kier molecular flexibility index (Phi) is 5.42. The van der Waals surface area contributed by atoms with Gasteiger partial charge in [-0.1, -0.05) is 61.7 Å². The van der Waals surface area contributed by atoms with Gasteiger partial charge in [0.15, 0.2) is 0 Å². The maximum atomic E-state index is 6.05. The van der Waals surface area contributed by atoms with Crippen molar-refractivity contribution in [1.29, 1.82) is 0 Å². The number of hydrogen-bond donors (Lipinski definition) is 2. The highest BCUT2D eigenvalue weighted by Gasteiger charge is 2.15. The van der Waals surface area contributed by atoms with Crippen molar-refractivity contribution < 1.29 is 0 Å². The lowest BCUT2D eigenvalue weighted by Crippen LogP contribution is -2.30. The largest absolute Gasteiger partial charge is 0.271 e. The van der Waals surface area contributed by atoms with Crippen LogP contribution in [0, 0.1) is 0 Å². The Balaban J connectivity index is 2.30.